The van der Waals surface area contributed by atoms with E-state index in [1.807, 2.05) is 6.07 Å². The summed E-state index contributed by atoms with van der Waals surface area (Å²) in [4.78, 5) is 0. The Morgan fingerprint density at radius 1 is 0.429 bits per heavy atom. The molecule has 4 N–H and O–H groups in total. The van der Waals surface area contributed by atoms with Gasteiger partial charge in [-0.3, -0.25) is 0 Å². The Balaban J connectivity index is 0.000000221. The number of benzene rings is 5. The van der Waals surface area contributed by atoms with Crippen molar-refractivity contribution in [3.05, 3.63) is 204 Å². The van der Waals surface area contributed by atoms with Crippen LogP contribution < -0.4 is 21.3 Å². The number of rotatable bonds is 4. The summed E-state index contributed by atoms with van der Waals surface area (Å²) in [5.41, 5.74) is 16.9. The molecule has 1 unspecified atom stereocenters. The van der Waals surface area contributed by atoms with E-state index in [2.05, 4.69) is 204 Å². The minimum Gasteiger partial charge on any atom is -0.358 e. The lowest BCUT2D eigenvalue weighted by atomic mass is 9.69. The Bertz CT molecular complexity index is 2340. The largest absolute Gasteiger partial charge is 0.358 e. The van der Waals surface area contributed by atoms with Crippen molar-refractivity contribution in [1.82, 2.24) is 0 Å². The number of fused-ring (bicyclic) bond motifs is 5. The van der Waals surface area contributed by atoms with Crippen LogP contribution in [0.5, 0.6) is 0 Å². The Morgan fingerprint density at radius 2 is 0.825 bits per heavy atom. The summed E-state index contributed by atoms with van der Waals surface area (Å²) in [6.07, 6.45) is 9.84. The van der Waals surface area contributed by atoms with E-state index in [0.717, 1.165) is 36.4 Å². The van der Waals surface area contributed by atoms with Gasteiger partial charge in [-0.25, -0.2) is 0 Å². The summed E-state index contributed by atoms with van der Waals surface area (Å²) in [5, 5.41) is 13.6. The lowest BCUT2D eigenvalue weighted by Gasteiger charge is -2.34. The summed E-state index contributed by atoms with van der Waals surface area (Å²) in [6, 6.07) is 44.7. The van der Waals surface area contributed by atoms with Gasteiger partial charge < -0.3 is 21.3 Å². The van der Waals surface area contributed by atoms with Gasteiger partial charge in [-0.15, -0.1) is 0 Å². The summed E-state index contributed by atoms with van der Waals surface area (Å²) < 4.78 is 0. The van der Waals surface area contributed by atoms with Gasteiger partial charge in [0.25, 0.3) is 0 Å². The van der Waals surface area contributed by atoms with Crippen molar-refractivity contribution in [1.29, 1.82) is 0 Å². The zero-order valence-electron chi connectivity index (χ0n) is 36.1. The maximum absolute atomic E-state index is 4.23. The first-order chi connectivity index (χ1) is 28.4. The molecule has 336 valence electrons. The minimum absolute atomic E-state index is 0. The number of nitrogens with one attached hydrogen (secondary N) is 4. The minimum atomic E-state index is -0.0159. The summed E-state index contributed by atoms with van der Waals surface area (Å²) in [7, 11) is 0. The second-order valence-electron chi connectivity index (χ2n) is 17.6. The maximum Gasteiger partial charge on any atom is 0.0424 e. The van der Waals surface area contributed by atoms with E-state index in [9.17, 15) is 0 Å². The molecule has 4 heterocycles. The van der Waals surface area contributed by atoms with Gasteiger partial charge in [-0.1, -0.05) is 206 Å². The fraction of sp³-hybridized carbons (Fsp3) is 0.356. The van der Waals surface area contributed by atoms with E-state index in [-0.39, 0.29) is 51.4 Å². The Kier molecular flexibility index (Phi) is 17.3. The maximum atomic E-state index is 4.23. The Labute approximate surface area is 384 Å². The monoisotopic (exact) mass is 845 g/mol. The molecule has 5 aromatic carbocycles. The van der Waals surface area contributed by atoms with Gasteiger partial charge >= 0.3 is 0 Å². The van der Waals surface area contributed by atoms with Gasteiger partial charge in [0, 0.05) is 67.2 Å². The van der Waals surface area contributed by atoms with Crippen LogP contribution in [0, 0.1) is 0 Å². The molecular weight excluding hydrogens is 765 g/mol. The standard InChI is InChI=1S/C17H17N.C14H17N.C13H17N.C11H13N.4CH4/c1-13-17(2,12-14-8-4-3-5-9-14)15-10-6-7-11-16(15)18-13;1-11-14(9-5-2-6-10-14)12-7-3-4-8-13(12)15-11;1-4-13(5-2)10(3)14-12-9-7-6-8-11(12)13;1-8-11(2,3)9-6-4-5-7-10(9)12-8;;;;/h3-11,18H,1,12H2,2H3;3-4,7-8,15H,1-2,5-6,9-10H2;6-9,14H,3-5H2,1-2H3;4-7,12H,1H2,2-3H3;4*1H4. The predicted molar refractivity (Wildman–Crippen MR) is 281 cm³/mol. The molecule has 0 bridgehead atoms. The van der Waals surface area contributed by atoms with Crippen LogP contribution in [0.2, 0.25) is 0 Å². The fourth-order valence-corrected chi connectivity index (χ4v) is 10.1. The molecule has 5 aromatic rings. The molecule has 4 heteroatoms. The molecule has 4 aliphatic heterocycles. The average Bonchev–Trinajstić information content (AvgIpc) is 3.88. The molecule has 5 aliphatic rings. The van der Waals surface area contributed by atoms with Gasteiger partial charge in [0.2, 0.25) is 0 Å². The van der Waals surface area contributed by atoms with Crippen LogP contribution in [-0.4, -0.2) is 0 Å². The number of hydrogen-bond donors (Lipinski definition) is 4. The first kappa shape index (κ1) is 51.6. The highest BCUT2D eigenvalue weighted by atomic mass is 15.0. The number of para-hydroxylation sites is 4. The van der Waals surface area contributed by atoms with E-state index >= 15 is 0 Å². The van der Waals surface area contributed by atoms with E-state index in [1.54, 1.807) is 0 Å². The molecule has 1 atom stereocenters. The zero-order valence-corrected chi connectivity index (χ0v) is 36.1. The van der Waals surface area contributed by atoms with Crippen LogP contribution in [0.4, 0.5) is 22.7 Å². The molecule has 0 amide bonds. The molecule has 4 nitrogen and oxygen atoms in total. The van der Waals surface area contributed by atoms with Crippen molar-refractivity contribution >= 4 is 22.7 Å². The normalized spacial score (nSPS) is 19.0. The van der Waals surface area contributed by atoms with E-state index in [0.29, 0.717) is 0 Å². The van der Waals surface area contributed by atoms with Crippen molar-refractivity contribution in [2.45, 2.75) is 137 Å². The Morgan fingerprint density at radius 3 is 1.37 bits per heavy atom. The van der Waals surface area contributed by atoms with Crippen molar-refractivity contribution in [2.75, 3.05) is 21.3 Å². The molecule has 0 saturated heterocycles. The van der Waals surface area contributed by atoms with Gasteiger partial charge in [-0.05, 0) is 91.1 Å². The smallest absolute Gasteiger partial charge is 0.0424 e. The van der Waals surface area contributed by atoms with E-state index in [4.69, 9.17) is 0 Å². The lowest BCUT2D eigenvalue weighted by molar-refractivity contribution is 0.351. The predicted octanol–water partition coefficient (Wildman–Crippen LogP) is 17.1. The molecule has 10 rings (SSSR count). The summed E-state index contributed by atoms with van der Waals surface area (Å²) in [5.74, 6) is 0. The van der Waals surface area contributed by atoms with Crippen LogP contribution >= 0.6 is 0 Å². The highest BCUT2D eigenvalue weighted by Gasteiger charge is 2.43. The van der Waals surface area contributed by atoms with Crippen LogP contribution in [0.3, 0.4) is 0 Å². The first-order valence-electron chi connectivity index (χ1n) is 21.7. The van der Waals surface area contributed by atoms with Crippen molar-refractivity contribution in [3.63, 3.8) is 0 Å². The van der Waals surface area contributed by atoms with Gasteiger partial charge in [0.1, 0.15) is 0 Å². The molecule has 1 spiro atoms. The zero-order chi connectivity index (χ0) is 41.8. The highest BCUT2D eigenvalue weighted by molar-refractivity contribution is 5.70. The molecule has 0 aromatic heterocycles. The lowest BCUT2D eigenvalue weighted by Crippen LogP contribution is -2.28. The van der Waals surface area contributed by atoms with Gasteiger partial charge in [0.05, 0.1) is 0 Å². The molecule has 1 fully saturated rings. The SMILES string of the molecule is C.C.C.C.C=C1Nc2ccccc2C1(C)C.C=C1Nc2ccccc2C1(C)Cc1ccccc1.C=C1Nc2ccccc2C1(CC)CC.C=C1Nc2ccccc2C12CCCCC2. The fourth-order valence-electron chi connectivity index (χ4n) is 10.1. The molecule has 1 saturated carbocycles. The third kappa shape index (κ3) is 9.61. The third-order valence-electron chi connectivity index (χ3n) is 14.0. The van der Waals surface area contributed by atoms with E-state index < -0.39 is 0 Å². The van der Waals surface area contributed by atoms with Crippen molar-refractivity contribution < 1.29 is 0 Å². The average molecular weight is 845 g/mol. The van der Waals surface area contributed by atoms with Crippen LogP contribution in [0.15, 0.2) is 176 Å². The van der Waals surface area contributed by atoms with Crippen LogP contribution in [-0.2, 0) is 28.1 Å². The Hall–Kier alpha value is -5.74. The summed E-state index contributed by atoms with van der Waals surface area (Å²) in [6.45, 7) is 27.7. The van der Waals surface area contributed by atoms with Gasteiger partial charge in [0.15, 0.2) is 0 Å². The number of hydrogen-bond acceptors (Lipinski definition) is 4. The number of allylic oxidation sites excluding steroid dienone is 4. The van der Waals surface area contributed by atoms with Crippen molar-refractivity contribution in [3.8, 4) is 0 Å². The number of anilines is 4. The third-order valence-corrected chi connectivity index (χ3v) is 14.0. The second-order valence-corrected chi connectivity index (χ2v) is 17.6. The van der Waals surface area contributed by atoms with Crippen LogP contribution in [0.25, 0.3) is 0 Å². The quantitative estimate of drug-likeness (QED) is 0.146. The second kappa shape index (κ2) is 21.1. The molecule has 63 heavy (non-hydrogen) atoms. The topological polar surface area (TPSA) is 48.1 Å². The molecular formula is C59H80N4. The summed E-state index contributed by atoms with van der Waals surface area (Å²) >= 11 is 0. The van der Waals surface area contributed by atoms with Gasteiger partial charge in [-0.2, -0.15) is 0 Å². The van der Waals surface area contributed by atoms with Crippen LogP contribution in [0.1, 0.15) is 137 Å². The molecule has 0 radical (unpaired) electrons. The van der Waals surface area contributed by atoms with E-state index in [1.165, 1.54) is 88.4 Å². The highest BCUT2D eigenvalue weighted by Crippen LogP contribution is 2.52. The van der Waals surface area contributed by atoms with Crippen molar-refractivity contribution in [2.24, 2.45) is 0 Å². The first-order valence-corrected chi connectivity index (χ1v) is 21.7. The molecule has 1 aliphatic carbocycles.